The van der Waals surface area contributed by atoms with Crippen LogP contribution in [0.25, 0.3) is 0 Å². The van der Waals surface area contributed by atoms with Crippen LogP contribution in [0.1, 0.15) is 50.9 Å². The van der Waals surface area contributed by atoms with E-state index < -0.39 is 11.6 Å². The molecule has 0 aromatic heterocycles. The molecule has 1 amide bonds. The van der Waals surface area contributed by atoms with Crippen molar-refractivity contribution in [2.75, 3.05) is 24.5 Å². The average Bonchev–Trinajstić information content (AvgIpc) is 2.53. The van der Waals surface area contributed by atoms with Crippen molar-refractivity contribution in [2.24, 2.45) is 0 Å². The van der Waals surface area contributed by atoms with Crippen molar-refractivity contribution < 1.29 is 19.4 Å². The number of ether oxygens (including phenoxy) is 1. The van der Waals surface area contributed by atoms with Crippen molar-refractivity contribution in [1.29, 1.82) is 0 Å². The number of amides is 1. The lowest BCUT2D eigenvalue weighted by Gasteiger charge is -2.43. The van der Waals surface area contributed by atoms with E-state index in [1.165, 1.54) is 0 Å². The van der Waals surface area contributed by atoms with Crippen LogP contribution >= 0.6 is 0 Å². The molecule has 25 heavy (non-hydrogen) atoms. The molecule has 138 valence electrons. The minimum absolute atomic E-state index is 0.196. The largest absolute Gasteiger partial charge is 0.478 e. The molecule has 1 aromatic rings. The van der Waals surface area contributed by atoms with Gasteiger partial charge in [-0.2, -0.15) is 0 Å². The van der Waals surface area contributed by atoms with Gasteiger partial charge in [0.2, 0.25) is 0 Å². The van der Waals surface area contributed by atoms with Gasteiger partial charge in [-0.25, -0.2) is 9.59 Å². The van der Waals surface area contributed by atoms with Gasteiger partial charge in [0, 0.05) is 31.4 Å². The summed E-state index contributed by atoms with van der Waals surface area (Å²) in [7, 11) is 0. The molecular weight excluding hydrogens is 320 g/mol. The summed E-state index contributed by atoms with van der Waals surface area (Å²) in [4.78, 5) is 27.4. The van der Waals surface area contributed by atoms with Gasteiger partial charge < -0.3 is 19.6 Å². The van der Waals surface area contributed by atoms with Crippen molar-refractivity contribution in [3.05, 3.63) is 29.8 Å². The van der Waals surface area contributed by atoms with E-state index in [0.29, 0.717) is 19.6 Å². The van der Waals surface area contributed by atoms with Crippen LogP contribution in [0.3, 0.4) is 0 Å². The lowest BCUT2D eigenvalue weighted by Crippen LogP contribution is -2.55. The smallest absolute Gasteiger partial charge is 0.410 e. The van der Waals surface area contributed by atoms with Gasteiger partial charge in [-0.05, 0) is 51.5 Å². The first-order valence-electron chi connectivity index (χ1n) is 8.79. The Kier molecular flexibility index (Phi) is 5.93. The Balaban J connectivity index is 2.11. The van der Waals surface area contributed by atoms with Crippen molar-refractivity contribution in [1.82, 2.24) is 4.90 Å². The second kappa shape index (κ2) is 7.76. The first-order chi connectivity index (χ1) is 11.7. The topological polar surface area (TPSA) is 70.1 Å². The third kappa shape index (κ3) is 5.11. The van der Waals surface area contributed by atoms with Crippen LogP contribution in [0, 0.1) is 0 Å². The van der Waals surface area contributed by atoms with E-state index in [9.17, 15) is 9.59 Å². The van der Waals surface area contributed by atoms with Gasteiger partial charge in [0.15, 0.2) is 0 Å². The molecule has 1 fully saturated rings. The molecule has 0 aliphatic carbocycles. The number of rotatable bonds is 4. The first kappa shape index (κ1) is 19.1. The number of aromatic carboxylic acids is 1. The van der Waals surface area contributed by atoms with E-state index in [4.69, 9.17) is 9.84 Å². The summed E-state index contributed by atoms with van der Waals surface area (Å²) in [5.74, 6) is -0.925. The van der Waals surface area contributed by atoms with Crippen LogP contribution in [-0.2, 0) is 4.74 Å². The van der Waals surface area contributed by atoms with E-state index in [1.807, 2.05) is 32.9 Å². The number of carbonyl (C=O) groups excluding carboxylic acids is 1. The Morgan fingerprint density at radius 3 is 2.36 bits per heavy atom. The van der Waals surface area contributed by atoms with E-state index in [-0.39, 0.29) is 17.7 Å². The fourth-order valence-electron chi connectivity index (χ4n) is 3.06. The van der Waals surface area contributed by atoms with E-state index in [1.54, 1.807) is 17.0 Å². The van der Waals surface area contributed by atoms with Gasteiger partial charge in [0.1, 0.15) is 5.60 Å². The maximum atomic E-state index is 12.3. The Labute approximate surface area is 149 Å². The maximum Gasteiger partial charge on any atom is 0.410 e. The Morgan fingerprint density at radius 1 is 1.20 bits per heavy atom. The number of hydrogen-bond donors (Lipinski definition) is 1. The molecule has 0 spiro atoms. The highest BCUT2D eigenvalue weighted by Crippen LogP contribution is 2.24. The van der Waals surface area contributed by atoms with Crippen LogP contribution in [0.15, 0.2) is 24.3 Å². The first-order valence-corrected chi connectivity index (χ1v) is 8.79. The highest BCUT2D eigenvalue weighted by atomic mass is 16.6. The summed E-state index contributed by atoms with van der Waals surface area (Å²) in [6.45, 7) is 9.64. The molecule has 2 rings (SSSR count). The Bertz CT molecular complexity index is 607. The number of carbonyl (C=O) groups is 2. The number of benzene rings is 1. The second-order valence-corrected chi connectivity index (χ2v) is 7.41. The summed E-state index contributed by atoms with van der Waals surface area (Å²) in [5.41, 5.74) is 0.775. The molecule has 1 N–H and O–H groups in total. The minimum Gasteiger partial charge on any atom is -0.478 e. The van der Waals surface area contributed by atoms with Crippen LogP contribution < -0.4 is 4.90 Å². The number of piperazine rings is 1. The molecule has 0 radical (unpaired) electrons. The number of nitrogens with zero attached hydrogens (tertiary/aromatic N) is 2. The van der Waals surface area contributed by atoms with E-state index >= 15 is 0 Å². The summed E-state index contributed by atoms with van der Waals surface area (Å²) in [5, 5.41) is 9.04. The van der Waals surface area contributed by atoms with Gasteiger partial charge in [0.25, 0.3) is 0 Å². The molecule has 1 aliphatic heterocycles. The quantitative estimate of drug-likeness (QED) is 0.900. The SMILES string of the molecule is CCCC1CN(C(=O)OC(C)(C)C)CCN1c1ccc(C(=O)O)cc1. The van der Waals surface area contributed by atoms with Gasteiger partial charge >= 0.3 is 12.1 Å². The van der Waals surface area contributed by atoms with Crippen molar-refractivity contribution in [3.8, 4) is 0 Å². The highest BCUT2D eigenvalue weighted by molar-refractivity contribution is 5.88. The van der Waals surface area contributed by atoms with Crippen molar-refractivity contribution in [3.63, 3.8) is 0 Å². The summed E-state index contributed by atoms with van der Waals surface area (Å²) in [6.07, 6.45) is 1.70. The molecule has 0 bridgehead atoms. The zero-order valence-electron chi connectivity index (χ0n) is 15.5. The molecular formula is C19H28N2O4. The number of carboxylic acids is 1. The predicted molar refractivity (Wildman–Crippen MR) is 97.3 cm³/mol. The molecule has 1 aliphatic rings. The second-order valence-electron chi connectivity index (χ2n) is 7.41. The number of hydrogen-bond acceptors (Lipinski definition) is 4. The summed E-state index contributed by atoms with van der Waals surface area (Å²) >= 11 is 0. The fraction of sp³-hybridized carbons (Fsp3) is 0.579. The number of anilines is 1. The van der Waals surface area contributed by atoms with E-state index in [0.717, 1.165) is 18.5 Å². The lowest BCUT2D eigenvalue weighted by atomic mass is 10.0. The third-order valence-electron chi connectivity index (χ3n) is 4.20. The normalized spacial score (nSPS) is 18.2. The third-order valence-corrected chi connectivity index (χ3v) is 4.20. The predicted octanol–water partition coefficient (Wildman–Crippen LogP) is 3.61. The molecule has 6 nitrogen and oxygen atoms in total. The van der Waals surface area contributed by atoms with Gasteiger partial charge in [-0.15, -0.1) is 0 Å². The van der Waals surface area contributed by atoms with Gasteiger partial charge in [-0.3, -0.25) is 0 Å². The molecule has 1 atom stereocenters. The minimum atomic E-state index is -0.925. The van der Waals surface area contributed by atoms with Gasteiger partial charge in [-0.1, -0.05) is 13.3 Å². The molecule has 1 saturated heterocycles. The summed E-state index contributed by atoms with van der Waals surface area (Å²) in [6, 6.07) is 7.13. The molecule has 1 aromatic carbocycles. The van der Waals surface area contributed by atoms with Gasteiger partial charge in [0.05, 0.1) is 5.56 Å². The number of carboxylic acid groups (broad SMARTS) is 1. The van der Waals surface area contributed by atoms with Crippen LogP contribution in [-0.4, -0.2) is 53.3 Å². The standard InChI is InChI=1S/C19H28N2O4/c1-5-6-16-13-20(18(24)25-19(2,3)4)11-12-21(16)15-9-7-14(8-10-15)17(22)23/h7-10,16H,5-6,11-13H2,1-4H3,(H,22,23). The highest BCUT2D eigenvalue weighted by Gasteiger charge is 2.31. The fourth-order valence-corrected chi connectivity index (χ4v) is 3.06. The monoisotopic (exact) mass is 348 g/mol. The van der Waals surface area contributed by atoms with Crippen LogP contribution in [0.4, 0.5) is 10.5 Å². The van der Waals surface area contributed by atoms with E-state index in [2.05, 4.69) is 11.8 Å². The Hall–Kier alpha value is -2.24. The zero-order chi connectivity index (χ0) is 18.6. The lowest BCUT2D eigenvalue weighted by molar-refractivity contribution is 0.0211. The van der Waals surface area contributed by atoms with Crippen molar-refractivity contribution in [2.45, 2.75) is 52.2 Å². The average molecular weight is 348 g/mol. The van der Waals surface area contributed by atoms with Crippen molar-refractivity contribution >= 4 is 17.7 Å². The Morgan fingerprint density at radius 2 is 1.84 bits per heavy atom. The zero-order valence-corrected chi connectivity index (χ0v) is 15.5. The van der Waals surface area contributed by atoms with Crippen LogP contribution in [0.5, 0.6) is 0 Å². The molecule has 0 saturated carbocycles. The maximum absolute atomic E-state index is 12.3. The summed E-state index contributed by atoms with van der Waals surface area (Å²) < 4.78 is 5.49. The molecule has 6 heteroatoms. The molecule has 1 unspecified atom stereocenters. The van der Waals surface area contributed by atoms with Crippen LogP contribution in [0.2, 0.25) is 0 Å². The molecule has 1 heterocycles.